The van der Waals surface area contributed by atoms with E-state index < -0.39 is 11.6 Å². The van der Waals surface area contributed by atoms with Crippen LogP contribution >= 0.6 is 0 Å². The monoisotopic (exact) mass is 305 g/mol. The van der Waals surface area contributed by atoms with Gasteiger partial charge in [-0.2, -0.15) is 0 Å². The number of benzene rings is 1. The fourth-order valence-corrected chi connectivity index (χ4v) is 3.00. The molecule has 0 spiro atoms. The molecule has 1 aromatic carbocycles. The third-order valence-electron chi connectivity index (χ3n) is 4.12. The van der Waals surface area contributed by atoms with E-state index in [0.717, 1.165) is 31.2 Å². The lowest BCUT2D eigenvalue weighted by molar-refractivity contribution is -0.145. The summed E-state index contributed by atoms with van der Waals surface area (Å²) in [5, 5.41) is 11.9. The summed E-state index contributed by atoms with van der Waals surface area (Å²) in [6.07, 6.45) is 4.21. The minimum atomic E-state index is -0.938. The summed E-state index contributed by atoms with van der Waals surface area (Å²) in [4.78, 5) is 23.3. The molecule has 0 radical (unpaired) electrons. The molecule has 5 nitrogen and oxygen atoms in total. The average Bonchev–Trinajstić information content (AvgIpc) is 2.98. The van der Waals surface area contributed by atoms with Crippen LogP contribution in [-0.4, -0.2) is 35.7 Å². The lowest BCUT2D eigenvalue weighted by atomic mass is 10.0. The van der Waals surface area contributed by atoms with Crippen molar-refractivity contribution in [3.63, 3.8) is 0 Å². The number of hydrogen-bond acceptors (Lipinski definition) is 3. The predicted octanol–water partition coefficient (Wildman–Crippen LogP) is 2.39. The number of aromatic carboxylic acids is 1. The lowest BCUT2D eigenvalue weighted by Gasteiger charge is -2.27. The maximum absolute atomic E-state index is 12.4. The van der Waals surface area contributed by atoms with Gasteiger partial charge in [-0.25, -0.2) is 4.79 Å². The number of carboxylic acids is 1. The van der Waals surface area contributed by atoms with Crippen molar-refractivity contribution < 1.29 is 19.4 Å². The van der Waals surface area contributed by atoms with Crippen molar-refractivity contribution in [1.82, 2.24) is 5.32 Å². The van der Waals surface area contributed by atoms with Gasteiger partial charge in [-0.05, 0) is 56.7 Å². The van der Waals surface area contributed by atoms with Gasteiger partial charge in [0.2, 0.25) is 0 Å². The van der Waals surface area contributed by atoms with Crippen molar-refractivity contribution in [3.8, 4) is 0 Å². The minimum Gasteiger partial charge on any atom is -0.478 e. The van der Waals surface area contributed by atoms with Crippen LogP contribution in [-0.2, 0) is 16.0 Å². The average molecular weight is 305 g/mol. The minimum absolute atomic E-state index is 0.0405. The molecule has 0 aromatic heterocycles. The maximum atomic E-state index is 12.4. The van der Waals surface area contributed by atoms with E-state index in [9.17, 15) is 9.59 Å². The van der Waals surface area contributed by atoms with Gasteiger partial charge in [0.05, 0.1) is 5.56 Å². The Morgan fingerprint density at radius 3 is 2.68 bits per heavy atom. The zero-order valence-electron chi connectivity index (χ0n) is 12.9. The molecule has 1 amide bonds. The summed E-state index contributed by atoms with van der Waals surface area (Å²) in [6, 6.07) is 6.79. The van der Waals surface area contributed by atoms with Gasteiger partial charge < -0.3 is 15.2 Å². The molecule has 1 aliphatic rings. The van der Waals surface area contributed by atoms with Gasteiger partial charge in [-0.15, -0.1) is 0 Å². The van der Waals surface area contributed by atoms with Crippen LogP contribution in [0.5, 0.6) is 0 Å². The highest BCUT2D eigenvalue weighted by molar-refractivity contribution is 5.87. The molecule has 1 aromatic rings. The van der Waals surface area contributed by atoms with Crippen molar-refractivity contribution in [3.05, 3.63) is 35.4 Å². The first-order chi connectivity index (χ1) is 10.6. The molecule has 0 heterocycles. The second kappa shape index (κ2) is 7.40. The molecule has 0 atom stereocenters. The molecule has 2 N–H and O–H groups in total. The third kappa shape index (κ3) is 3.85. The van der Waals surface area contributed by atoms with Crippen molar-refractivity contribution in [2.75, 3.05) is 13.2 Å². The maximum Gasteiger partial charge on any atom is 0.335 e. The molecule has 1 saturated carbocycles. The molecule has 0 aliphatic heterocycles. The quantitative estimate of drug-likeness (QED) is 0.811. The Morgan fingerprint density at radius 1 is 1.32 bits per heavy atom. The fourth-order valence-electron chi connectivity index (χ4n) is 3.00. The second-order valence-electron chi connectivity index (χ2n) is 5.65. The van der Waals surface area contributed by atoms with Crippen LogP contribution in [0.15, 0.2) is 24.3 Å². The van der Waals surface area contributed by atoms with Crippen molar-refractivity contribution in [1.29, 1.82) is 0 Å². The molecule has 2 rings (SSSR count). The van der Waals surface area contributed by atoms with E-state index in [4.69, 9.17) is 9.84 Å². The molecule has 0 saturated heterocycles. The van der Waals surface area contributed by atoms with Crippen LogP contribution in [0.3, 0.4) is 0 Å². The van der Waals surface area contributed by atoms with Crippen molar-refractivity contribution in [2.45, 2.75) is 44.6 Å². The summed E-state index contributed by atoms with van der Waals surface area (Å²) in [5.74, 6) is -0.978. The highest BCUT2D eigenvalue weighted by Crippen LogP contribution is 2.33. The first-order valence-electron chi connectivity index (χ1n) is 7.82. The van der Waals surface area contributed by atoms with Gasteiger partial charge >= 0.3 is 5.97 Å². The lowest BCUT2D eigenvalue weighted by Crippen LogP contribution is -2.47. The van der Waals surface area contributed by atoms with Gasteiger partial charge in [-0.3, -0.25) is 4.79 Å². The predicted molar refractivity (Wildman–Crippen MR) is 82.9 cm³/mol. The van der Waals surface area contributed by atoms with Crippen LogP contribution < -0.4 is 5.32 Å². The Kier molecular flexibility index (Phi) is 5.55. The Labute approximate surface area is 130 Å². The molecule has 1 aliphatic carbocycles. The zero-order valence-corrected chi connectivity index (χ0v) is 12.9. The van der Waals surface area contributed by atoms with E-state index in [-0.39, 0.29) is 11.5 Å². The number of rotatable bonds is 7. The van der Waals surface area contributed by atoms with E-state index in [2.05, 4.69) is 5.32 Å². The summed E-state index contributed by atoms with van der Waals surface area (Å²) in [5.41, 5.74) is 0.514. The standard InChI is InChI=1S/C17H23NO4/c1-2-22-17(9-3-4-10-17)16(21)18-11-8-13-6-5-7-14(12-13)15(19)20/h5-7,12H,2-4,8-11H2,1H3,(H,18,21)(H,19,20). The topological polar surface area (TPSA) is 75.6 Å². The number of hydrogen-bond donors (Lipinski definition) is 2. The van der Waals surface area contributed by atoms with E-state index in [1.165, 1.54) is 0 Å². The number of carbonyl (C=O) groups excluding carboxylic acids is 1. The summed E-state index contributed by atoms with van der Waals surface area (Å²) >= 11 is 0. The van der Waals surface area contributed by atoms with E-state index in [0.29, 0.717) is 19.6 Å². The normalized spacial score (nSPS) is 16.4. The smallest absolute Gasteiger partial charge is 0.335 e. The number of carbonyl (C=O) groups is 2. The zero-order chi connectivity index (χ0) is 16.0. The van der Waals surface area contributed by atoms with Crippen LogP contribution in [0.2, 0.25) is 0 Å². The molecular formula is C17H23NO4. The Bertz CT molecular complexity index is 535. The third-order valence-corrected chi connectivity index (χ3v) is 4.12. The van der Waals surface area contributed by atoms with Gasteiger partial charge in [0.1, 0.15) is 5.60 Å². The van der Waals surface area contributed by atoms with E-state index >= 15 is 0 Å². The fraction of sp³-hybridized carbons (Fsp3) is 0.529. The Morgan fingerprint density at radius 2 is 2.05 bits per heavy atom. The van der Waals surface area contributed by atoms with Crippen molar-refractivity contribution in [2.24, 2.45) is 0 Å². The molecule has 0 unspecified atom stereocenters. The first-order valence-corrected chi connectivity index (χ1v) is 7.82. The highest BCUT2D eigenvalue weighted by Gasteiger charge is 2.41. The molecule has 0 bridgehead atoms. The van der Waals surface area contributed by atoms with Crippen LogP contribution in [0.1, 0.15) is 48.5 Å². The molecule has 120 valence electrons. The number of nitrogens with one attached hydrogen (secondary N) is 1. The van der Waals surface area contributed by atoms with Crippen LogP contribution in [0, 0.1) is 0 Å². The SMILES string of the molecule is CCOC1(C(=O)NCCc2cccc(C(=O)O)c2)CCCC1. The van der Waals surface area contributed by atoms with Crippen LogP contribution in [0.4, 0.5) is 0 Å². The molecule has 1 fully saturated rings. The van der Waals surface area contributed by atoms with E-state index in [1.807, 2.05) is 13.0 Å². The number of amides is 1. The largest absolute Gasteiger partial charge is 0.478 e. The highest BCUT2D eigenvalue weighted by atomic mass is 16.5. The van der Waals surface area contributed by atoms with Gasteiger partial charge in [0.15, 0.2) is 0 Å². The van der Waals surface area contributed by atoms with Gasteiger partial charge in [0.25, 0.3) is 5.91 Å². The molecule has 22 heavy (non-hydrogen) atoms. The van der Waals surface area contributed by atoms with Crippen LogP contribution in [0.25, 0.3) is 0 Å². The summed E-state index contributed by atoms with van der Waals surface area (Å²) < 4.78 is 5.72. The summed E-state index contributed by atoms with van der Waals surface area (Å²) in [7, 11) is 0. The number of ether oxygens (including phenoxy) is 1. The Balaban J connectivity index is 1.89. The van der Waals surface area contributed by atoms with Gasteiger partial charge in [0, 0.05) is 13.2 Å². The second-order valence-corrected chi connectivity index (χ2v) is 5.65. The molecule has 5 heteroatoms. The van der Waals surface area contributed by atoms with Crippen molar-refractivity contribution >= 4 is 11.9 Å². The number of carboxylic acid groups (broad SMARTS) is 1. The van der Waals surface area contributed by atoms with E-state index in [1.54, 1.807) is 18.2 Å². The summed E-state index contributed by atoms with van der Waals surface area (Å²) in [6.45, 7) is 2.93. The van der Waals surface area contributed by atoms with Gasteiger partial charge in [-0.1, -0.05) is 12.1 Å². The first kappa shape index (κ1) is 16.5. The molecular weight excluding hydrogens is 282 g/mol. The Hall–Kier alpha value is -1.88.